The van der Waals surface area contributed by atoms with Crippen LogP contribution in [-0.2, 0) is 23.9 Å². The Hall–Kier alpha value is -2.61. The van der Waals surface area contributed by atoms with E-state index in [1.807, 2.05) is 0 Å². The van der Waals surface area contributed by atoms with Crippen molar-refractivity contribution in [1.82, 2.24) is 0 Å². The predicted molar refractivity (Wildman–Crippen MR) is 116 cm³/mol. The molecule has 4 atom stereocenters. The van der Waals surface area contributed by atoms with Crippen molar-refractivity contribution < 1.29 is 38.8 Å². The minimum Gasteiger partial charge on any atom is -0.504 e. The Labute approximate surface area is 188 Å². The lowest BCUT2D eigenvalue weighted by Crippen LogP contribution is -2.56. The number of esters is 2. The number of ether oxygens (including phenoxy) is 3. The van der Waals surface area contributed by atoms with E-state index in [9.17, 15) is 24.6 Å². The number of ketones is 1. The third-order valence-electron chi connectivity index (χ3n) is 5.18. The van der Waals surface area contributed by atoms with Gasteiger partial charge in [-0.25, -0.2) is 0 Å². The van der Waals surface area contributed by atoms with E-state index >= 15 is 0 Å². The van der Waals surface area contributed by atoms with Crippen molar-refractivity contribution in [2.75, 3.05) is 7.11 Å². The van der Waals surface area contributed by atoms with Crippen molar-refractivity contribution in [3.05, 3.63) is 23.8 Å². The first-order valence-electron chi connectivity index (χ1n) is 10.5. The Bertz CT molecular complexity index is 888. The van der Waals surface area contributed by atoms with E-state index in [4.69, 9.17) is 14.2 Å². The monoisotopic (exact) mass is 450 g/mol. The fraction of sp³-hybridized carbons (Fsp3) is 0.625. The van der Waals surface area contributed by atoms with Gasteiger partial charge in [0.2, 0.25) is 0 Å². The fourth-order valence-electron chi connectivity index (χ4n) is 4.05. The summed E-state index contributed by atoms with van der Waals surface area (Å²) < 4.78 is 16.2. The van der Waals surface area contributed by atoms with Gasteiger partial charge in [0.25, 0.3) is 0 Å². The van der Waals surface area contributed by atoms with Crippen LogP contribution in [0.15, 0.2) is 18.2 Å². The van der Waals surface area contributed by atoms with Crippen molar-refractivity contribution in [1.29, 1.82) is 0 Å². The van der Waals surface area contributed by atoms with Crippen LogP contribution in [0.2, 0.25) is 0 Å². The number of aliphatic hydroxyl groups is 1. The van der Waals surface area contributed by atoms with Crippen LogP contribution in [0.4, 0.5) is 0 Å². The SMILES string of the molecule is COc1cc([C@@H]2[C@H](C(=O)OC(C)(C)C)C(=O)C[C@](C)(O)[C@H]2C(=O)OC(C)(C)C)ccc1O. The molecule has 1 aromatic carbocycles. The minimum atomic E-state index is -1.77. The van der Waals surface area contributed by atoms with Gasteiger partial charge in [-0.05, 0) is 66.2 Å². The van der Waals surface area contributed by atoms with E-state index in [1.165, 1.54) is 32.2 Å². The summed E-state index contributed by atoms with van der Waals surface area (Å²) in [6, 6.07) is 4.29. The van der Waals surface area contributed by atoms with Crippen LogP contribution in [0.25, 0.3) is 0 Å². The molecule has 1 aliphatic carbocycles. The summed E-state index contributed by atoms with van der Waals surface area (Å²) in [5.41, 5.74) is -3.13. The van der Waals surface area contributed by atoms with E-state index in [-0.39, 0.29) is 11.5 Å². The molecule has 32 heavy (non-hydrogen) atoms. The number of Topliss-reactive ketones (excluding diaryl/α,β-unsaturated/α-hetero) is 1. The molecular weight excluding hydrogens is 416 g/mol. The van der Waals surface area contributed by atoms with Crippen molar-refractivity contribution in [3.63, 3.8) is 0 Å². The van der Waals surface area contributed by atoms with Gasteiger partial charge in [-0.3, -0.25) is 14.4 Å². The van der Waals surface area contributed by atoms with Gasteiger partial charge >= 0.3 is 11.9 Å². The van der Waals surface area contributed by atoms with Crippen LogP contribution in [0.5, 0.6) is 11.5 Å². The Morgan fingerprint density at radius 1 is 1.03 bits per heavy atom. The third kappa shape index (κ3) is 5.79. The topological polar surface area (TPSA) is 119 Å². The average molecular weight is 451 g/mol. The highest BCUT2D eigenvalue weighted by atomic mass is 16.6. The van der Waals surface area contributed by atoms with Gasteiger partial charge in [-0.15, -0.1) is 0 Å². The van der Waals surface area contributed by atoms with E-state index in [1.54, 1.807) is 41.5 Å². The van der Waals surface area contributed by atoms with Crippen LogP contribution >= 0.6 is 0 Å². The normalized spacial score (nSPS) is 26.4. The van der Waals surface area contributed by atoms with Crippen LogP contribution in [0.1, 0.15) is 66.4 Å². The summed E-state index contributed by atoms with van der Waals surface area (Å²) in [6.07, 6.45) is -0.410. The van der Waals surface area contributed by atoms with Gasteiger partial charge in [0.15, 0.2) is 17.3 Å². The molecule has 8 nitrogen and oxygen atoms in total. The van der Waals surface area contributed by atoms with E-state index in [0.29, 0.717) is 5.56 Å². The summed E-state index contributed by atoms with van der Waals surface area (Å²) in [5, 5.41) is 21.2. The molecule has 178 valence electrons. The highest BCUT2D eigenvalue weighted by molar-refractivity contribution is 6.03. The summed E-state index contributed by atoms with van der Waals surface area (Å²) >= 11 is 0. The van der Waals surface area contributed by atoms with Crippen molar-refractivity contribution in [2.45, 2.75) is 77.6 Å². The number of benzene rings is 1. The maximum atomic E-state index is 13.3. The Morgan fingerprint density at radius 2 is 1.56 bits per heavy atom. The molecule has 1 saturated carbocycles. The second-order valence-electron chi connectivity index (χ2n) is 10.5. The first kappa shape index (κ1) is 25.6. The molecular formula is C24H34O8. The molecule has 8 heteroatoms. The number of hydrogen-bond acceptors (Lipinski definition) is 8. The van der Waals surface area contributed by atoms with Gasteiger partial charge in [-0.2, -0.15) is 0 Å². The zero-order valence-electron chi connectivity index (χ0n) is 20.0. The van der Waals surface area contributed by atoms with Crippen LogP contribution < -0.4 is 4.74 Å². The molecule has 0 spiro atoms. The molecule has 0 radical (unpaired) electrons. The van der Waals surface area contributed by atoms with Gasteiger partial charge in [-0.1, -0.05) is 6.07 Å². The number of methoxy groups -OCH3 is 1. The maximum absolute atomic E-state index is 13.3. The summed E-state index contributed by atoms with van der Waals surface area (Å²) in [4.78, 5) is 39.5. The number of rotatable bonds is 4. The zero-order chi connectivity index (χ0) is 24.6. The zero-order valence-corrected chi connectivity index (χ0v) is 20.0. The molecule has 1 fully saturated rings. The highest BCUT2D eigenvalue weighted by Gasteiger charge is 2.58. The lowest BCUT2D eigenvalue weighted by molar-refractivity contribution is -0.182. The summed E-state index contributed by atoms with van der Waals surface area (Å²) in [5.74, 6) is -5.79. The van der Waals surface area contributed by atoms with Crippen molar-refractivity contribution >= 4 is 17.7 Å². The van der Waals surface area contributed by atoms with Crippen LogP contribution in [-0.4, -0.2) is 51.8 Å². The van der Waals surface area contributed by atoms with E-state index in [2.05, 4.69) is 0 Å². The number of phenolic OH excluding ortho intramolecular Hbond substituents is 1. The molecule has 0 aliphatic heterocycles. The first-order valence-corrected chi connectivity index (χ1v) is 10.5. The first-order chi connectivity index (χ1) is 14.5. The van der Waals surface area contributed by atoms with Gasteiger partial charge in [0, 0.05) is 12.3 Å². The summed E-state index contributed by atoms with van der Waals surface area (Å²) in [6.45, 7) is 11.5. The van der Waals surface area contributed by atoms with E-state index < -0.39 is 58.7 Å². The second-order valence-corrected chi connectivity index (χ2v) is 10.5. The average Bonchev–Trinajstić information content (AvgIpc) is 2.57. The number of phenols is 1. The lowest BCUT2D eigenvalue weighted by atomic mass is 9.61. The van der Waals surface area contributed by atoms with E-state index in [0.717, 1.165) is 0 Å². The number of carbonyl (C=O) groups is 3. The number of carbonyl (C=O) groups excluding carboxylic acids is 3. The molecule has 0 aromatic heterocycles. The molecule has 0 unspecified atom stereocenters. The van der Waals surface area contributed by atoms with Crippen molar-refractivity contribution in [2.24, 2.45) is 11.8 Å². The third-order valence-corrected chi connectivity index (χ3v) is 5.18. The largest absolute Gasteiger partial charge is 0.504 e. The standard InChI is InChI=1S/C24H34O8/c1-22(2,3)31-20(27)18-15(26)12-24(7,29)19(21(28)32-23(4,5)6)17(18)13-9-10-14(25)16(11-13)30-8/h9-11,17-19,25,29H,12H2,1-8H3/t17-,18-,19-,24+/m1/s1. The molecule has 0 saturated heterocycles. The number of aromatic hydroxyl groups is 1. The summed E-state index contributed by atoms with van der Waals surface area (Å²) in [7, 11) is 1.36. The smallest absolute Gasteiger partial charge is 0.317 e. The Morgan fingerprint density at radius 3 is 2.06 bits per heavy atom. The second kappa shape index (κ2) is 8.73. The lowest BCUT2D eigenvalue weighted by Gasteiger charge is -2.44. The maximum Gasteiger partial charge on any atom is 0.317 e. The molecule has 0 amide bonds. The number of hydrogen-bond donors (Lipinski definition) is 2. The Kier molecular flexibility index (Phi) is 7.00. The van der Waals surface area contributed by atoms with Gasteiger partial charge in [0.05, 0.1) is 18.6 Å². The van der Waals surface area contributed by atoms with Gasteiger partial charge in [0.1, 0.15) is 17.1 Å². The van der Waals surface area contributed by atoms with Crippen molar-refractivity contribution in [3.8, 4) is 11.5 Å². The van der Waals surface area contributed by atoms with Gasteiger partial charge < -0.3 is 24.4 Å². The van der Waals surface area contributed by atoms with Crippen LogP contribution in [0.3, 0.4) is 0 Å². The molecule has 2 rings (SSSR count). The molecule has 1 aliphatic rings. The fourth-order valence-corrected chi connectivity index (χ4v) is 4.05. The molecule has 0 heterocycles. The highest BCUT2D eigenvalue weighted by Crippen LogP contribution is 2.48. The van der Waals surface area contributed by atoms with Crippen LogP contribution in [0, 0.1) is 11.8 Å². The Balaban J connectivity index is 2.70. The molecule has 2 N–H and O–H groups in total. The quantitative estimate of drug-likeness (QED) is 0.530. The predicted octanol–water partition coefficient (Wildman–Crippen LogP) is 3.12. The molecule has 0 bridgehead atoms. The minimum absolute atomic E-state index is 0.103. The molecule has 1 aromatic rings.